The van der Waals surface area contributed by atoms with Crippen LogP contribution in [0, 0.1) is 17.8 Å². The zero-order valence-electron chi connectivity index (χ0n) is 15.9. The minimum absolute atomic E-state index is 0.0719. The second-order valence-corrected chi connectivity index (χ2v) is 7.13. The van der Waals surface area contributed by atoms with E-state index < -0.39 is 0 Å². The van der Waals surface area contributed by atoms with Gasteiger partial charge in [0, 0.05) is 30.3 Å². The first kappa shape index (κ1) is 19.7. The maximum atomic E-state index is 12.0. The van der Waals surface area contributed by atoms with Crippen LogP contribution in [-0.4, -0.2) is 18.9 Å². The van der Waals surface area contributed by atoms with E-state index in [0.29, 0.717) is 0 Å². The van der Waals surface area contributed by atoms with Gasteiger partial charge in [-0.05, 0) is 55.4 Å². The largest absolute Gasteiger partial charge is 0.372 e. The molecule has 0 bridgehead atoms. The fraction of sp³-hybridized carbons (Fsp3) is 0.667. The Labute approximate surface area is 143 Å². The molecule has 0 aromatic heterocycles. The average molecular weight is 318 g/mol. The number of carbonyl (C=O) groups is 1. The third-order valence-corrected chi connectivity index (χ3v) is 4.46. The third kappa shape index (κ3) is 6.01. The number of hydrogen-bond donors (Lipinski definition) is 0. The fourth-order valence-electron chi connectivity index (χ4n) is 3.26. The summed E-state index contributed by atoms with van der Waals surface area (Å²) in [6.45, 7) is 14.8. The summed E-state index contributed by atoms with van der Waals surface area (Å²) in [7, 11) is 0. The maximum absolute atomic E-state index is 12.0. The van der Waals surface area contributed by atoms with Gasteiger partial charge in [-0.25, -0.2) is 0 Å². The maximum Gasteiger partial charge on any atom is 0.165 e. The normalized spacial score (nSPS) is 15.6. The number of rotatable bonds is 5. The summed E-state index contributed by atoms with van der Waals surface area (Å²) in [4.78, 5) is 14.4. The van der Waals surface area contributed by atoms with Crippen molar-refractivity contribution in [2.24, 2.45) is 17.8 Å². The van der Waals surface area contributed by atoms with Gasteiger partial charge < -0.3 is 4.90 Å². The Morgan fingerprint density at radius 2 is 1.57 bits per heavy atom. The summed E-state index contributed by atoms with van der Waals surface area (Å²) >= 11 is 0. The van der Waals surface area contributed by atoms with Crippen molar-refractivity contribution >= 4 is 11.5 Å². The molecular formula is C21H35NO. The highest BCUT2D eigenvalue weighted by Gasteiger charge is 2.20. The predicted octanol–water partition coefficient (Wildman–Crippen LogP) is 5.81. The van der Waals surface area contributed by atoms with Crippen LogP contribution in [0.25, 0.3) is 0 Å². The summed E-state index contributed by atoms with van der Waals surface area (Å²) < 4.78 is 0. The molecule has 1 aromatic rings. The summed E-state index contributed by atoms with van der Waals surface area (Å²) in [6.07, 6.45) is 3.95. The number of Topliss-reactive ketones (excluding diaryl/α,β-unsaturated/α-hetero) is 1. The lowest BCUT2D eigenvalue weighted by Crippen LogP contribution is -2.34. The molecule has 0 spiro atoms. The smallest absolute Gasteiger partial charge is 0.165 e. The summed E-state index contributed by atoms with van der Waals surface area (Å²) in [5, 5.41) is 0. The van der Waals surface area contributed by atoms with E-state index in [1.807, 2.05) is 39.8 Å². The van der Waals surface area contributed by atoms with Crippen molar-refractivity contribution < 1.29 is 4.79 Å². The highest BCUT2D eigenvalue weighted by atomic mass is 16.1. The van der Waals surface area contributed by atoms with Gasteiger partial charge in [-0.1, -0.05) is 41.5 Å². The summed E-state index contributed by atoms with van der Waals surface area (Å²) in [5.41, 5.74) is 2.10. The Hall–Kier alpha value is -1.31. The van der Waals surface area contributed by atoms with Gasteiger partial charge in [-0.3, -0.25) is 4.79 Å². The molecule has 1 aromatic carbocycles. The van der Waals surface area contributed by atoms with Crippen molar-refractivity contribution in [3.63, 3.8) is 0 Å². The molecule has 130 valence electrons. The molecule has 1 aliphatic rings. The SMILES string of the molecule is CC.CC(C)CC1CCN(c2ccc(C(=O)C(C)C)cc2)CC1. The van der Waals surface area contributed by atoms with E-state index in [4.69, 9.17) is 0 Å². The van der Waals surface area contributed by atoms with Gasteiger partial charge in [-0.15, -0.1) is 0 Å². The van der Waals surface area contributed by atoms with E-state index >= 15 is 0 Å². The molecule has 0 aliphatic carbocycles. The van der Waals surface area contributed by atoms with Gasteiger partial charge in [0.2, 0.25) is 0 Å². The molecule has 1 fully saturated rings. The molecule has 2 heteroatoms. The Morgan fingerprint density at radius 3 is 2.00 bits per heavy atom. The first-order chi connectivity index (χ1) is 11.0. The number of hydrogen-bond acceptors (Lipinski definition) is 2. The van der Waals surface area contributed by atoms with E-state index in [1.165, 1.54) is 24.9 Å². The van der Waals surface area contributed by atoms with Crippen LogP contribution in [0.15, 0.2) is 24.3 Å². The minimum atomic E-state index is 0.0719. The van der Waals surface area contributed by atoms with Gasteiger partial charge in [0.1, 0.15) is 0 Å². The van der Waals surface area contributed by atoms with Crippen molar-refractivity contribution in [2.75, 3.05) is 18.0 Å². The highest BCUT2D eigenvalue weighted by Crippen LogP contribution is 2.27. The quantitative estimate of drug-likeness (QED) is 0.638. The molecule has 1 heterocycles. The van der Waals surface area contributed by atoms with E-state index in [1.54, 1.807) is 0 Å². The lowest BCUT2D eigenvalue weighted by molar-refractivity contribution is 0.0939. The Morgan fingerprint density at radius 1 is 1.04 bits per heavy atom. The molecule has 23 heavy (non-hydrogen) atoms. The first-order valence-corrected chi connectivity index (χ1v) is 9.36. The van der Waals surface area contributed by atoms with Crippen LogP contribution in [0.5, 0.6) is 0 Å². The van der Waals surface area contributed by atoms with Crippen LogP contribution in [0.3, 0.4) is 0 Å². The van der Waals surface area contributed by atoms with Crippen LogP contribution >= 0.6 is 0 Å². The second kappa shape index (κ2) is 9.75. The van der Waals surface area contributed by atoms with Crippen LogP contribution in [0.2, 0.25) is 0 Å². The Kier molecular flexibility index (Phi) is 8.36. The standard InChI is InChI=1S/C19H29NO.C2H6/c1-14(2)13-16-9-11-20(12-10-16)18-7-5-17(6-8-18)19(21)15(3)4;1-2/h5-8,14-16H,9-13H2,1-4H3;1-2H3. The third-order valence-electron chi connectivity index (χ3n) is 4.46. The van der Waals surface area contributed by atoms with Crippen LogP contribution in [0.1, 0.15) is 71.2 Å². The number of anilines is 1. The van der Waals surface area contributed by atoms with Crippen molar-refractivity contribution in [3.05, 3.63) is 29.8 Å². The number of piperidine rings is 1. The summed E-state index contributed by atoms with van der Waals surface area (Å²) in [6, 6.07) is 8.19. The molecule has 0 atom stereocenters. The number of carbonyl (C=O) groups excluding carboxylic acids is 1. The molecule has 1 saturated heterocycles. The molecule has 0 radical (unpaired) electrons. The molecule has 0 unspecified atom stereocenters. The monoisotopic (exact) mass is 317 g/mol. The number of ketones is 1. The Balaban J connectivity index is 0.00000127. The second-order valence-electron chi connectivity index (χ2n) is 7.13. The van der Waals surface area contributed by atoms with Gasteiger partial charge in [0.25, 0.3) is 0 Å². The topological polar surface area (TPSA) is 20.3 Å². The molecule has 0 N–H and O–H groups in total. The van der Waals surface area contributed by atoms with Gasteiger partial charge in [-0.2, -0.15) is 0 Å². The first-order valence-electron chi connectivity index (χ1n) is 9.36. The lowest BCUT2D eigenvalue weighted by Gasteiger charge is -2.34. The zero-order valence-corrected chi connectivity index (χ0v) is 15.9. The zero-order chi connectivity index (χ0) is 17.4. The predicted molar refractivity (Wildman–Crippen MR) is 101 cm³/mol. The number of benzene rings is 1. The number of nitrogens with zero attached hydrogens (tertiary/aromatic N) is 1. The van der Waals surface area contributed by atoms with E-state index in [2.05, 4.69) is 30.9 Å². The fourth-order valence-corrected chi connectivity index (χ4v) is 3.26. The molecule has 0 saturated carbocycles. The molecule has 1 aliphatic heterocycles. The van der Waals surface area contributed by atoms with E-state index in [0.717, 1.165) is 30.5 Å². The van der Waals surface area contributed by atoms with Crippen LogP contribution in [0.4, 0.5) is 5.69 Å². The van der Waals surface area contributed by atoms with Crippen molar-refractivity contribution in [1.29, 1.82) is 0 Å². The Bertz CT molecular complexity index is 453. The lowest BCUT2D eigenvalue weighted by atomic mass is 9.88. The van der Waals surface area contributed by atoms with Crippen molar-refractivity contribution in [1.82, 2.24) is 0 Å². The highest BCUT2D eigenvalue weighted by molar-refractivity contribution is 5.97. The average Bonchev–Trinajstić information content (AvgIpc) is 2.56. The minimum Gasteiger partial charge on any atom is -0.372 e. The van der Waals surface area contributed by atoms with E-state index in [9.17, 15) is 4.79 Å². The molecule has 2 nitrogen and oxygen atoms in total. The molecule has 2 rings (SSSR count). The van der Waals surface area contributed by atoms with Crippen LogP contribution < -0.4 is 4.90 Å². The van der Waals surface area contributed by atoms with Gasteiger partial charge in [0.15, 0.2) is 5.78 Å². The van der Waals surface area contributed by atoms with Gasteiger partial charge in [0.05, 0.1) is 0 Å². The van der Waals surface area contributed by atoms with Crippen molar-refractivity contribution in [3.8, 4) is 0 Å². The summed E-state index contributed by atoms with van der Waals surface area (Å²) in [5.74, 6) is 2.01. The molecule has 0 amide bonds. The molecular weight excluding hydrogens is 282 g/mol. The van der Waals surface area contributed by atoms with Crippen molar-refractivity contribution in [2.45, 2.75) is 60.8 Å². The van der Waals surface area contributed by atoms with E-state index in [-0.39, 0.29) is 11.7 Å². The van der Waals surface area contributed by atoms with Crippen LogP contribution in [-0.2, 0) is 0 Å². The van der Waals surface area contributed by atoms with Gasteiger partial charge >= 0.3 is 0 Å².